The summed E-state index contributed by atoms with van der Waals surface area (Å²) in [5, 5.41) is 11.5. The largest absolute Gasteiger partial charge is 0.478 e. The van der Waals surface area contributed by atoms with Gasteiger partial charge in [-0.15, -0.1) is 0 Å². The molecule has 0 aliphatic carbocycles. The molecule has 2 rings (SSSR count). The molecule has 88 valence electrons. The number of fused-ring (bicyclic) bond motifs is 1. The highest BCUT2D eigenvalue weighted by Crippen LogP contribution is 2.19. The number of imidazole rings is 1. The molecular formula is C11H11N3O3. The maximum Gasteiger partial charge on any atom is 0.335 e. The van der Waals surface area contributed by atoms with Crippen molar-refractivity contribution in [2.24, 2.45) is 7.05 Å². The van der Waals surface area contributed by atoms with Gasteiger partial charge in [0.2, 0.25) is 11.9 Å². The molecule has 2 aromatic rings. The number of hydrogen-bond acceptors (Lipinski definition) is 3. The third-order valence-electron chi connectivity index (χ3n) is 2.42. The minimum absolute atomic E-state index is 0.190. The number of carboxylic acid groups (broad SMARTS) is 1. The number of amides is 1. The number of anilines is 1. The van der Waals surface area contributed by atoms with Crippen LogP contribution >= 0.6 is 0 Å². The Morgan fingerprint density at radius 2 is 2.12 bits per heavy atom. The lowest BCUT2D eigenvalue weighted by Crippen LogP contribution is -2.10. The van der Waals surface area contributed by atoms with Gasteiger partial charge in [0.15, 0.2) is 0 Å². The average Bonchev–Trinajstić information content (AvgIpc) is 2.55. The number of nitrogens with zero attached hydrogens (tertiary/aromatic N) is 2. The van der Waals surface area contributed by atoms with Crippen molar-refractivity contribution in [2.75, 3.05) is 5.32 Å². The first-order chi connectivity index (χ1) is 7.99. The summed E-state index contributed by atoms with van der Waals surface area (Å²) in [5.74, 6) is -0.814. The molecule has 0 spiro atoms. The molecule has 6 heteroatoms. The normalized spacial score (nSPS) is 10.5. The SMILES string of the molecule is CC(=O)Nc1nc2ccc(C(=O)O)cc2n1C. The van der Waals surface area contributed by atoms with E-state index in [4.69, 9.17) is 5.11 Å². The number of aromatic nitrogens is 2. The van der Waals surface area contributed by atoms with Crippen LogP contribution in [0.25, 0.3) is 11.0 Å². The summed E-state index contributed by atoms with van der Waals surface area (Å²) in [6.45, 7) is 1.39. The number of aryl methyl sites for hydroxylation is 1. The smallest absolute Gasteiger partial charge is 0.335 e. The molecule has 1 heterocycles. The molecule has 1 aromatic heterocycles. The fourth-order valence-corrected chi connectivity index (χ4v) is 1.59. The van der Waals surface area contributed by atoms with E-state index in [0.29, 0.717) is 17.0 Å². The Bertz CT molecular complexity index is 616. The van der Waals surface area contributed by atoms with Crippen molar-refractivity contribution in [2.45, 2.75) is 6.92 Å². The predicted octanol–water partition coefficient (Wildman–Crippen LogP) is 1.23. The number of nitrogens with one attached hydrogen (secondary N) is 1. The molecular weight excluding hydrogens is 222 g/mol. The lowest BCUT2D eigenvalue weighted by molar-refractivity contribution is -0.114. The van der Waals surface area contributed by atoms with Gasteiger partial charge in [0.25, 0.3) is 0 Å². The Morgan fingerprint density at radius 1 is 1.41 bits per heavy atom. The predicted molar refractivity (Wildman–Crippen MR) is 62.0 cm³/mol. The summed E-state index contributed by atoms with van der Waals surface area (Å²) in [5.41, 5.74) is 1.49. The molecule has 0 radical (unpaired) electrons. The molecule has 2 N–H and O–H groups in total. The van der Waals surface area contributed by atoms with Gasteiger partial charge in [-0.25, -0.2) is 9.78 Å². The van der Waals surface area contributed by atoms with E-state index in [1.54, 1.807) is 17.7 Å². The van der Waals surface area contributed by atoms with Crippen molar-refractivity contribution < 1.29 is 14.7 Å². The van der Waals surface area contributed by atoms with Crippen LogP contribution in [0.4, 0.5) is 5.95 Å². The first-order valence-electron chi connectivity index (χ1n) is 4.96. The summed E-state index contributed by atoms with van der Waals surface area (Å²) >= 11 is 0. The van der Waals surface area contributed by atoms with Crippen LogP contribution in [-0.2, 0) is 11.8 Å². The summed E-state index contributed by atoms with van der Waals surface area (Å²) < 4.78 is 1.64. The van der Waals surface area contributed by atoms with Crippen LogP contribution in [0.3, 0.4) is 0 Å². The van der Waals surface area contributed by atoms with E-state index in [2.05, 4.69) is 10.3 Å². The van der Waals surface area contributed by atoms with E-state index in [0.717, 1.165) is 0 Å². The van der Waals surface area contributed by atoms with Crippen LogP contribution in [0.1, 0.15) is 17.3 Å². The van der Waals surface area contributed by atoms with Gasteiger partial charge in [-0.05, 0) is 18.2 Å². The van der Waals surface area contributed by atoms with Crippen molar-refractivity contribution in [3.8, 4) is 0 Å². The number of carbonyl (C=O) groups is 2. The molecule has 0 aliphatic heterocycles. The highest BCUT2D eigenvalue weighted by molar-refractivity contribution is 5.94. The third-order valence-corrected chi connectivity index (χ3v) is 2.42. The van der Waals surface area contributed by atoms with E-state index < -0.39 is 5.97 Å². The number of rotatable bonds is 2. The monoisotopic (exact) mass is 233 g/mol. The van der Waals surface area contributed by atoms with E-state index in [9.17, 15) is 9.59 Å². The third kappa shape index (κ3) is 1.96. The van der Waals surface area contributed by atoms with Crippen molar-refractivity contribution in [1.29, 1.82) is 0 Å². The summed E-state index contributed by atoms with van der Waals surface area (Å²) in [7, 11) is 1.71. The lowest BCUT2D eigenvalue weighted by atomic mass is 10.2. The summed E-state index contributed by atoms with van der Waals surface area (Å²) in [4.78, 5) is 26.0. The minimum atomic E-state index is -0.992. The van der Waals surface area contributed by atoms with Crippen LogP contribution in [-0.4, -0.2) is 26.5 Å². The zero-order valence-electron chi connectivity index (χ0n) is 9.39. The molecule has 17 heavy (non-hydrogen) atoms. The Labute approximate surface area is 96.9 Å². The van der Waals surface area contributed by atoms with Gasteiger partial charge < -0.3 is 9.67 Å². The van der Waals surface area contributed by atoms with Crippen molar-refractivity contribution in [3.05, 3.63) is 23.8 Å². The Hall–Kier alpha value is -2.37. The summed E-state index contributed by atoms with van der Waals surface area (Å²) in [6, 6.07) is 4.62. The summed E-state index contributed by atoms with van der Waals surface area (Å²) in [6.07, 6.45) is 0. The van der Waals surface area contributed by atoms with E-state index in [-0.39, 0.29) is 11.5 Å². The zero-order valence-corrected chi connectivity index (χ0v) is 9.39. The maximum absolute atomic E-state index is 11.0. The number of carboxylic acids is 1. The molecule has 0 saturated heterocycles. The van der Waals surface area contributed by atoms with Gasteiger partial charge in [-0.2, -0.15) is 0 Å². The van der Waals surface area contributed by atoms with Crippen molar-refractivity contribution in [1.82, 2.24) is 9.55 Å². The van der Waals surface area contributed by atoms with Gasteiger partial charge in [0.05, 0.1) is 16.6 Å². The van der Waals surface area contributed by atoms with E-state index >= 15 is 0 Å². The van der Waals surface area contributed by atoms with Gasteiger partial charge in [-0.1, -0.05) is 0 Å². The van der Waals surface area contributed by atoms with Crippen LogP contribution in [0, 0.1) is 0 Å². The van der Waals surface area contributed by atoms with Crippen molar-refractivity contribution >= 4 is 28.9 Å². The van der Waals surface area contributed by atoms with Gasteiger partial charge in [0, 0.05) is 14.0 Å². The molecule has 0 atom stereocenters. The van der Waals surface area contributed by atoms with Gasteiger partial charge in [0.1, 0.15) is 0 Å². The quantitative estimate of drug-likeness (QED) is 0.817. The van der Waals surface area contributed by atoms with E-state index in [1.165, 1.54) is 19.1 Å². The average molecular weight is 233 g/mol. The Balaban J connectivity index is 2.58. The van der Waals surface area contributed by atoms with Crippen LogP contribution < -0.4 is 5.32 Å². The highest BCUT2D eigenvalue weighted by Gasteiger charge is 2.11. The van der Waals surface area contributed by atoms with Crippen molar-refractivity contribution in [3.63, 3.8) is 0 Å². The first kappa shape index (κ1) is 11.1. The second-order valence-electron chi connectivity index (χ2n) is 3.68. The number of hydrogen-bond donors (Lipinski definition) is 2. The number of carbonyl (C=O) groups excluding carboxylic acids is 1. The second kappa shape index (κ2) is 3.89. The Morgan fingerprint density at radius 3 is 2.71 bits per heavy atom. The number of aromatic carboxylic acids is 1. The fourth-order valence-electron chi connectivity index (χ4n) is 1.59. The molecule has 0 bridgehead atoms. The Kier molecular flexibility index (Phi) is 2.55. The van der Waals surface area contributed by atoms with E-state index in [1.807, 2.05) is 0 Å². The molecule has 0 aliphatic rings. The second-order valence-corrected chi connectivity index (χ2v) is 3.68. The van der Waals surface area contributed by atoms with Gasteiger partial charge >= 0.3 is 5.97 Å². The maximum atomic E-state index is 11.0. The van der Waals surface area contributed by atoms with Crippen LogP contribution in [0.2, 0.25) is 0 Å². The topological polar surface area (TPSA) is 84.2 Å². The number of benzene rings is 1. The lowest BCUT2D eigenvalue weighted by Gasteiger charge is -2.01. The molecule has 0 fully saturated rings. The van der Waals surface area contributed by atoms with Crippen LogP contribution in [0.15, 0.2) is 18.2 Å². The van der Waals surface area contributed by atoms with Crippen LogP contribution in [0.5, 0.6) is 0 Å². The van der Waals surface area contributed by atoms with Gasteiger partial charge in [-0.3, -0.25) is 10.1 Å². The zero-order chi connectivity index (χ0) is 12.6. The molecule has 0 unspecified atom stereocenters. The molecule has 6 nitrogen and oxygen atoms in total. The first-order valence-corrected chi connectivity index (χ1v) is 4.96. The molecule has 1 amide bonds. The minimum Gasteiger partial charge on any atom is -0.478 e. The standard InChI is InChI=1S/C11H11N3O3/c1-6(15)12-11-13-8-4-3-7(10(16)17)5-9(8)14(11)2/h3-5H,1-2H3,(H,16,17)(H,12,13,15). The molecule has 1 aromatic carbocycles. The fraction of sp³-hybridized carbons (Fsp3) is 0.182. The molecule has 0 saturated carbocycles. The highest BCUT2D eigenvalue weighted by atomic mass is 16.4.